The van der Waals surface area contributed by atoms with E-state index in [1.807, 2.05) is 19.1 Å². The van der Waals surface area contributed by atoms with E-state index in [0.29, 0.717) is 6.54 Å². The molecule has 1 aromatic carbocycles. The quantitative estimate of drug-likeness (QED) is 0.219. The summed E-state index contributed by atoms with van der Waals surface area (Å²) >= 11 is 1.58. The summed E-state index contributed by atoms with van der Waals surface area (Å²) in [5.41, 5.74) is 4.92. The van der Waals surface area contributed by atoms with Gasteiger partial charge in [0.2, 0.25) is 0 Å². The number of carbonyl (C=O) groups excluding carboxylic acids is 1. The number of hydrogen-bond acceptors (Lipinski definition) is 8. The molecule has 8 nitrogen and oxygen atoms in total. The van der Waals surface area contributed by atoms with E-state index < -0.39 is 0 Å². The highest BCUT2D eigenvalue weighted by Crippen LogP contribution is 2.37. The summed E-state index contributed by atoms with van der Waals surface area (Å²) in [5.74, 6) is 0.957. The first-order valence-corrected chi connectivity index (χ1v) is 24.9. The summed E-state index contributed by atoms with van der Waals surface area (Å²) in [6.07, 6.45) is 38.4. The maximum atomic E-state index is 14.3. The van der Waals surface area contributed by atoms with Gasteiger partial charge in [-0.25, -0.2) is 9.97 Å². The maximum Gasteiger partial charge on any atom is 0.253 e. The molecule has 2 aliphatic heterocycles. The Morgan fingerprint density at radius 2 is 1.19 bits per heavy atom. The van der Waals surface area contributed by atoms with Crippen LogP contribution in [0.2, 0.25) is 0 Å². The van der Waals surface area contributed by atoms with Gasteiger partial charge in [0.1, 0.15) is 17.0 Å². The van der Waals surface area contributed by atoms with Gasteiger partial charge in [-0.2, -0.15) is 5.10 Å². The summed E-state index contributed by atoms with van der Waals surface area (Å²) in [5, 5.41) is 13.4. The minimum atomic E-state index is 0.0945. The van der Waals surface area contributed by atoms with Crippen molar-refractivity contribution < 1.29 is 9.53 Å². The van der Waals surface area contributed by atoms with E-state index in [1.165, 1.54) is 161 Å². The van der Waals surface area contributed by atoms with Crippen LogP contribution in [-0.4, -0.2) is 57.3 Å². The molecule has 6 rings (SSSR count). The first-order valence-electron chi connectivity index (χ1n) is 24.1. The van der Waals surface area contributed by atoms with Crippen LogP contribution >= 0.6 is 11.3 Å². The lowest BCUT2D eigenvalue weighted by Crippen LogP contribution is -2.52. The van der Waals surface area contributed by atoms with Gasteiger partial charge < -0.3 is 15.0 Å². The number of aromatic nitrogens is 4. The molecule has 0 radical (unpaired) electrons. The van der Waals surface area contributed by atoms with Crippen LogP contribution in [0.3, 0.4) is 0 Å². The van der Waals surface area contributed by atoms with E-state index in [1.54, 1.807) is 17.7 Å². The zero-order valence-corrected chi connectivity index (χ0v) is 37.8. The van der Waals surface area contributed by atoms with Crippen molar-refractivity contribution in [1.29, 1.82) is 0 Å². The minimum Gasteiger partial charge on any atom is -0.380 e. The zero-order chi connectivity index (χ0) is 41.0. The van der Waals surface area contributed by atoms with Gasteiger partial charge in [-0.3, -0.25) is 4.79 Å². The van der Waals surface area contributed by atoms with Crippen LogP contribution in [0.25, 0.3) is 20.4 Å². The summed E-state index contributed by atoms with van der Waals surface area (Å²) in [4.78, 5) is 26.6. The lowest BCUT2D eigenvalue weighted by molar-refractivity contribution is -0.127. The number of amides is 1. The molecule has 2 saturated heterocycles. The Labute approximate surface area is 360 Å². The molecule has 1 spiro atoms. The Hall–Kier alpha value is -3.17. The van der Waals surface area contributed by atoms with Crippen molar-refractivity contribution in [2.24, 2.45) is 5.41 Å². The van der Waals surface area contributed by atoms with Crippen molar-refractivity contribution in [3.63, 3.8) is 0 Å². The predicted octanol–water partition coefficient (Wildman–Crippen LogP) is 13.9. The van der Waals surface area contributed by atoms with Crippen LogP contribution in [0.4, 0.5) is 5.82 Å². The lowest BCUT2D eigenvalue weighted by atomic mass is 9.79. The molecule has 0 bridgehead atoms. The van der Waals surface area contributed by atoms with E-state index in [0.717, 1.165) is 87.8 Å². The number of nitrogens with one attached hydrogen (secondary N) is 1. The predicted molar refractivity (Wildman–Crippen MR) is 248 cm³/mol. The van der Waals surface area contributed by atoms with Crippen LogP contribution in [0.15, 0.2) is 30.6 Å². The van der Waals surface area contributed by atoms with E-state index in [2.05, 4.69) is 49.4 Å². The van der Waals surface area contributed by atoms with Crippen molar-refractivity contribution in [1.82, 2.24) is 25.1 Å². The van der Waals surface area contributed by atoms with Crippen molar-refractivity contribution in [3.05, 3.63) is 53.0 Å². The Bertz CT molecular complexity index is 1820. The fraction of sp³-hybridized carbons (Fsp3) is 0.700. The van der Waals surface area contributed by atoms with Gasteiger partial charge in [0.05, 0.1) is 29.1 Å². The van der Waals surface area contributed by atoms with Gasteiger partial charge in [0.25, 0.3) is 5.91 Å². The van der Waals surface area contributed by atoms with Crippen molar-refractivity contribution in [3.8, 4) is 0 Å². The monoisotopic (exact) mass is 825 g/mol. The molecule has 9 heteroatoms. The number of fused-ring (bicyclic) bond motifs is 3. The maximum absolute atomic E-state index is 14.3. The van der Waals surface area contributed by atoms with E-state index >= 15 is 0 Å². The number of benzene rings is 1. The molecule has 59 heavy (non-hydrogen) atoms. The molecule has 2 aliphatic rings. The van der Waals surface area contributed by atoms with Crippen molar-refractivity contribution in [2.75, 3.05) is 31.6 Å². The normalized spacial score (nSPS) is 20.1. The van der Waals surface area contributed by atoms with Crippen LogP contribution in [0.5, 0.6) is 0 Å². The first kappa shape index (κ1) is 45.4. The molecule has 4 aromatic rings. The highest BCUT2D eigenvalue weighted by Gasteiger charge is 2.40. The van der Waals surface area contributed by atoms with Gasteiger partial charge in [-0.05, 0) is 49.9 Å². The number of carbonyl (C=O) groups is 1. The topological polar surface area (TPSA) is 93.1 Å². The number of hydrogen-bond donors (Lipinski definition) is 1. The van der Waals surface area contributed by atoms with Gasteiger partial charge in [0.15, 0.2) is 0 Å². The molecule has 1 N–H and O–H groups in total. The third-order valence-electron chi connectivity index (χ3n) is 13.3. The third kappa shape index (κ3) is 14.2. The second-order valence-corrected chi connectivity index (χ2v) is 19.3. The van der Waals surface area contributed by atoms with Gasteiger partial charge in [0, 0.05) is 36.0 Å². The number of rotatable bonds is 4. The standard InChI is InChI=1S/C50H76N6O2S/c1-40-41(2)54-55-48-44(40)45-46(59-48)47(53-39-52-45)51-35-42-29-31-43(32-30-42)49(57)56-34-28-26-24-22-20-18-16-14-12-10-8-6-4-3-5-7-9-11-13-15-17-19-21-23-25-27-33-50(36-56)37-58-38-50/h29-32,39H,3-28,33-38H2,1-2H3,(H,51,52,53). The Morgan fingerprint density at radius 1 is 0.678 bits per heavy atom. The molecule has 0 atom stereocenters. The third-order valence-corrected chi connectivity index (χ3v) is 14.4. The minimum absolute atomic E-state index is 0.0945. The Kier molecular flexibility index (Phi) is 19.2. The van der Waals surface area contributed by atoms with Gasteiger partial charge in [-0.1, -0.05) is 173 Å². The average molecular weight is 825 g/mol. The zero-order valence-electron chi connectivity index (χ0n) is 37.0. The van der Waals surface area contributed by atoms with Crippen molar-refractivity contribution >= 4 is 43.5 Å². The second-order valence-electron chi connectivity index (χ2n) is 18.3. The fourth-order valence-corrected chi connectivity index (χ4v) is 10.4. The number of anilines is 1. The number of ether oxygens (including phenoxy) is 1. The Morgan fingerprint density at radius 3 is 1.69 bits per heavy atom. The largest absolute Gasteiger partial charge is 0.380 e. The summed E-state index contributed by atoms with van der Waals surface area (Å²) in [7, 11) is 0. The Balaban J connectivity index is 1.02. The SMILES string of the molecule is Cc1nnc2sc3c(NCc4ccc(C(=O)N5CCCCCCCCCCCCCCCCCCCCCCCCCCCCC6(COC6)C5)cc4)ncnc3c2c1C. The molecule has 0 unspecified atom stereocenters. The molecular weight excluding hydrogens is 749 g/mol. The first-order chi connectivity index (χ1) is 29.0. The van der Waals surface area contributed by atoms with Crippen molar-refractivity contribution in [2.45, 2.75) is 194 Å². The molecule has 324 valence electrons. The number of thiophene rings is 1. The van der Waals surface area contributed by atoms with Gasteiger partial charge >= 0.3 is 0 Å². The molecular formula is C50H76N6O2S. The molecule has 5 heterocycles. The lowest BCUT2D eigenvalue weighted by Gasteiger charge is -2.45. The number of aryl methyl sites for hydroxylation is 2. The van der Waals surface area contributed by atoms with E-state index in [9.17, 15) is 4.79 Å². The fourth-order valence-electron chi connectivity index (χ4n) is 9.35. The average Bonchev–Trinajstić information content (AvgIpc) is 3.63. The highest BCUT2D eigenvalue weighted by atomic mass is 32.1. The molecule has 1 amide bonds. The summed E-state index contributed by atoms with van der Waals surface area (Å²) in [6, 6.07) is 8.20. The molecule has 3 aromatic heterocycles. The van der Waals surface area contributed by atoms with Crippen LogP contribution in [0, 0.1) is 19.3 Å². The van der Waals surface area contributed by atoms with Crippen LogP contribution in [0.1, 0.15) is 201 Å². The van der Waals surface area contributed by atoms with Crippen LogP contribution in [-0.2, 0) is 11.3 Å². The van der Waals surface area contributed by atoms with E-state index in [-0.39, 0.29) is 11.3 Å². The second kappa shape index (κ2) is 24.9. The summed E-state index contributed by atoms with van der Waals surface area (Å²) < 4.78 is 6.87. The molecule has 0 aliphatic carbocycles. The molecule has 0 saturated carbocycles. The van der Waals surface area contributed by atoms with Crippen LogP contribution < -0.4 is 5.32 Å². The molecule has 2 fully saturated rings. The van der Waals surface area contributed by atoms with Gasteiger partial charge in [-0.15, -0.1) is 16.4 Å². The summed E-state index contributed by atoms with van der Waals surface area (Å²) in [6.45, 7) is 7.86. The smallest absolute Gasteiger partial charge is 0.253 e. The number of nitrogens with zero attached hydrogens (tertiary/aromatic N) is 5. The highest BCUT2D eigenvalue weighted by molar-refractivity contribution is 7.26. The van der Waals surface area contributed by atoms with E-state index in [4.69, 9.17) is 4.74 Å².